The Hall–Kier alpha value is -3.04. The smallest absolute Gasteiger partial charge is 0.279 e. The van der Waals surface area contributed by atoms with Gasteiger partial charge in [0, 0.05) is 30.7 Å². The predicted molar refractivity (Wildman–Crippen MR) is 133 cm³/mol. The summed E-state index contributed by atoms with van der Waals surface area (Å²) in [6.07, 6.45) is 1.38. The molecule has 0 saturated heterocycles. The number of aryl methyl sites for hydroxylation is 1. The molecule has 0 saturated carbocycles. The van der Waals surface area contributed by atoms with E-state index in [2.05, 4.69) is 5.10 Å². The second-order valence-electron chi connectivity index (χ2n) is 8.68. The Morgan fingerprint density at radius 2 is 1.76 bits per heavy atom. The zero-order valence-electron chi connectivity index (χ0n) is 20.0. The molecule has 2 heterocycles. The number of carbonyl (C=O) groups excluding carboxylic acids is 1. The van der Waals surface area contributed by atoms with Gasteiger partial charge < -0.3 is 4.90 Å². The molecule has 8 nitrogen and oxygen atoms in total. The number of anilines is 1. The maximum atomic E-state index is 13.8. The van der Waals surface area contributed by atoms with Crippen molar-refractivity contribution in [2.75, 3.05) is 24.5 Å². The topological polar surface area (TPSA) is 92.6 Å². The fourth-order valence-electron chi connectivity index (χ4n) is 4.50. The molecule has 0 fully saturated rings. The summed E-state index contributed by atoms with van der Waals surface area (Å²) < 4.78 is 28.8. The van der Waals surface area contributed by atoms with Crippen molar-refractivity contribution >= 4 is 32.4 Å². The van der Waals surface area contributed by atoms with Gasteiger partial charge in [-0.2, -0.15) is 9.40 Å². The van der Waals surface area contributed by atoms with Crippen LogP contribution in [0.4, 0.5) is 5.69 Å². The summed E-state index contributed by atoms with van der Waals surface area (Å²) in [4.78, 5) is 28.5. The van der Waals surface area contributed by atoms with Gasteiger partial charge in [0.15, 0.2) is 5.69 Å². The molecule has 1 aromatic heterocycles. The average Bonchev–Trinajstić information content (AvgIpc) is 2.83. The summed E-state index contributed by atoms with van der Waals surface area (Å²) >= 11 is 0. The first-order valence-electron chi connectivity index (χ1n) is 11.7. The normalized spacial score (nSPS) is 14.1. The first kappa shape index (κ1) is 24.1. The number of rotatable bonds is 6. The van der Waals surface area contributed by atoms with E-state index in [1.54, 1.807) is 47.4 Å². The van der Waals surface area contributed by atoms with Crippen molar-refractivity contribution in [3.63, 3.8) is 0 Å². The first-order valence-corrected chi connectivity index (χ1v) is 13.1. The van der Waals surface area contributed by atoms with Gasteiger partial charge in [-0.05, 0) is 56.5 Å². The molecule has 0 radical (unpaired) electrons. The second kappa shape index (κ2) is 9.31. The number of carbonyl (C=O) groups is 1. The molecule has 4 rings (SSSR count). The van der Waals surface area contributed by atoms with E-state index < -0.39 is 10.0 Å². The zero-order valence-corrected chi connectivity index (χ0v) is 20.8. The van der Waals surface area contributed by atoms with Crippen LogP contribution in [0.1, 0.15) is 56.2 Å². The monoisotopic (exact) mass is 482 g/mol. The molecule has 1 amide bonds. The summed E-state index contributed by atoms with van der Waals surface area (Å²) in [5, 5.41) is 5.43. The van der Waals surface area contributed by atoms with Crippen molar-refractivity contribution in [3.8, 4) is 0 Å². The number of sulfonamides is 1. The van der Waals surface area contributed by atoms with E-state index in [4.69, 9.17) is 0 Å². The SMILES string of the molecule is CCN(CC)S(=O)(=O)c1ccc2c(c1)CCCN2C(=O)c1nn(C(C)C)c(=O)c2ccccc12. The van der Waals surface area contributed by atoms with Crippen molar-refractivity contribution in [2.24, 2.45) is 0 Å². The molecule has 0 spiro atoms. The Balaban J connectivity index is 1.81. The molecule has 9 heteroatoms. The molecule has 0 unspecified atom stereocenters. The van der Waals surface area contributed by atoms with Gasteiger partial charge in [-0.3, -0.25) is 9.59 Å². The van der Waals surface area contributed by atoms with E-state index in [0.29, 0.717) is 48.9 Å². The highest BCUT2D eigenvalue weighted by Crippen LogP contribution is 2.32. The van der Waals surface area contributed by atoms with Crippen LogP contribution < -0.4 is 10.5 Å². The molecular formula is C25H30N4O4S. The first-order chi connectivity index (χ1) is 16.2. The van der Waals surface area contributed by atoms with E-state index in [1.807, 2.05) is 27.7 Å². The maximum absolute atomic E-state index is 13.8. The van der Waals surface area contributed by atoms with E-state index in [9.17, 15) is 18.0 Å². The number of hydrogen-bond acceptors (Lipinski definition) is 5. The summed E-state index contributed by atoms with van der Waals surface area (Å²) in [6, 6.07) is 11.8. The molecule has 2 aromatic carbocycles. The minimum Gasteiger partial charge on any atom is -0.307 e. The van der Waals surface area contributed by atoms with Crippen LogP contribution in [0.2, 0.25) is 0 Å². The lowest BCUT2D eigenvalue weighted by atomic mass is 10.0. The minimum absolute atomic E-state index is 0.204. The van der Waals surface area contributed by atoms with Crippen LogP contribution in [0, 0.1) is 0 Å². The Bertz CT molecular complexity index is 1410. The number of aromatic nitrogens is 2. The van der Waals surface area contributed by atoms with Gasteiger partial charge in [0.2, 0.25) is 10.0 Å². The third-order valence-electron chi connectivity index (χ3n) is 6.28. The molecule has 180 valence electrons. The van der Waals surface area contributed by atoms with Crippen LogP contribution in [0.15, 0.2) is 52.2 Å². The Morgan fingerprint density at radius 1 is 1.09 bits per heavy atom. The van der Waals surface area contributed by atoms with Gasteiger partial charge in [0.05, 0.1) is 16.3 Å². The molecule has 0 N–H and O–H groups in total. The van der Waals surface area contributed by atoms with Crippen molar-refractivity contribution in [1.82, 2.24) is 14.1 Å². The molecule has 3 aromatic rings. The van der Waals surface area contributed by atoms with Gasteiger partial charge >= 0.3 is 0 Å². The lowest BCUT2D eigenvalue weighted by Crippen LogP contribution is -2.38. The largest absolute Gasteiger partial charge is 0.307 e. The molecule has 0 bridgehead atoms. The lowest BCUT2D eigenvalue weighted by molar-refractivity contribution is 0.0979. The molecule has 0 atom stereocenters. The molecular weight excluding hydrogens is 452 g/mol. The van der Waals surface area contributed by atoms with E-state index in [1.165, 1.54) is 8.99 Å². The predicted octanol–water partition coefficient (Wildman–Crippen LogP) is 3.60. The van der Waals surface area contributed by atoms with E-state index in [0.717, 1.165) is 5.56 Å². The fourth-order valence-corrected chi connectivity index (χ4v) is 6.01. The van der Waals surface area contributed by atoms with E-state index >= 15 is 0 Å². The number of benzene rings is 2. The third kappa shape index (κ3) is 4.03. The fraction of sp³-hybridized carbons (Fsp3) is 0.400. The van der Waals surface area contributed by atoms with Gasteiger partial charge in [0.1, 0.15) is 0 Å². The van der Waals surface area contributed by atoms with Gasteiger partial charge in [-0.15, -0.1) is 0 Å². The van der Waals surface area contributed by atoms with Gasteiger partial charge in [0.25, 0.3) is 11.5 Å². The summed E-state index contributed by atoms with van der Waals surface area (Å²) in [5.74, 6) is -0.300. The van der Waals surface area contributed by atoms with E-state index in [-0.39, 0.29) is 28.1 Å². The number of fused-ring (bicyclic) bond motifs is 2. The van der Waals surface area contributed by atoms with Crippen molar-refractivity contribution < 1.29 is 13.2 Å². The molecule has 34 heavy (non-hydrogen) atoms. The highest BCUT2D eigenvalue weighted by atomic mass is 32.2. The quantitative estimate of drug-likeness (QED) is 0.535. The highest BCUT2D eigenvalue weighted by molar-refractivity contribution is 7.89. The van der Waals surface area contributed by atoms with Crippen molar-refractivity contribution in [2.45, 2.75) is 51.5 Å². The van der Waals surface area contributed by atoms with Gasteiger partial charge in [-0.25, -0.2) is 13.1 Å². The van der Waals surface area contributed by atoms with Crippen LogP contribution in [-0.4, -0.2) is 48.0 Å². The Kier molecular flexibility index (Phi) is 6.60. The zero-order chi connectivity index (χ0) is 24.6. The van der Waals surface area contributed by atoms with Crippen LogP contribution in [-0.2, 0) is 16.4 Å². The molecule has 0 aliphatic carbocycles. The lowest BCUT2D eigenvalue weighted by Gasteiger charge is -2.30. The second-order valence-corrected chi connectivity index (χ2v) is 10.6. The summed E-state index contributed by atoms with van der Waals surface area (Å²) in [7, 11) is -3.59. The number of hydrogen-bond donors (Lipinski definition) is 0. The number of amides is 1. The highest BCUT2D eigenvalue weighted by Gasteiger charge is 2.29. The number of nitrogens with zero attached hydrogens (tertiary/aromatic N) is 4. The average molecular weight is 483 g/mol. The van der Waals surface area contributed by atoms with Crippen molar-refractivity contribution in [3.05, 3.63) is 64.1 Å². The molecule has 1 aliphatic heterocycles. The summed E-state index contributed by atoms with van der Waals surface area (Å²) in [5.41, 5.74) is 1.49. The molecule has 1 aliphatic rings. The van der Waals surface area contributed by atoms with Crippen molar-refractivity contribution in [1.29, 1.82) is 0 Å². The van der Waals surface area contributed by atoms with Gasteiger partial charge in [-0.1, -0.05) is 32.0 Å². The van der Waals surface area contributed by atoms with Crippen LogP contribution in [0.3, 0.4) is 0 Å². The maximum Gasteiger partial charge on any atom is 0.279 e. The Morgan fingerprint density at radius 3 is 2.41 bits per heavy atom. The standard InChI is InChI=1S/C25H30N4O4S/c1-5-27(6-2)34(32,33)19-13-14-22-18(16-19)10-9-15-28(22)25(31)23-20-11-7-8-12-21(20)24(30)29(26-23)17(3)4/h7-8,11-14,16-17H,5-6,9-10,15H2,1-4H3. The van der Waals surface area contributed by atoms with Crippen LogP contribution in [0.25, 0.3) is 10.8 Å². The van der Waals surface area contributed by atoms with Crippen LogP contribution in [0.5, 0.6) is 0 Å². The third-order valence-corrected chi connectivity index (χ3v) is 8.32. The Labute approximate surface area is 199 Å². The summed E-state index contributed by atoms with van der Waals surface area (Å²) in [6.45, 7) is 8.61. The minimum atomic E-state index is -3.59. The van der Waals surface area contributed by atoms with Crippen LogP contribution >= 0.6 is 0 Å².